The first-order valence-electron chi connectivity index (χ1n) is 6.46. The Labute approximate surface area is 103 Å². The number of rotatable bonds is 6. The molecular formula is C13H31NOSi. The van der Waals surface area contributed by atoms with Gasteiger partial charge in [-0.1, -0.05) is 34.6 Å². The Bertz CT molecular complexity index is 197. The lowest BCUT2D eigenvalue weighted by Gasteiger charge is -2.36. The molecule has 0 radical (unpaired) electrons. The van der Waals surface area contributed by atoms with Crippen LogP contribution in [0.5, 0.6) is 0 Å². The van der Waals surface area contributed by atoms with Crippen LogP contribution in [0, 0.1) is 0 Å². The summed E-state index contributed by atoms with van der Waals surface area (Å²) in [6.45, 7) is 19.0. The van der Waals surface area contributed by atoms with E-state index in [0.29, 0.717) is 17.1 Å². The van der Waals surface area contributed by atoms with Crippen molar-refractivity contribution in [1.82, 2.24) is 5.32 Å². The molecule has 0 aliphatic rings. The molecule has 0 aliphatic carbocycles. The molecule has 0 saturated heterocycles. The normalized spacial score (nSPS) is 15.6. The molecule has 1 atom stereocenters. The van der Waals surface area contributed by atoms with Crippen LogP contribution in [0.1, 0.15) is 48.0 Å². The molecule has 0 fully saturated rings. The zero-order valence-electron chi connectivity index (χ0n) is 12.5. The van der Waals surface area contributed by atoms with Crippen molar-refractivity contribution in [2.24, 2.45) is 0 Å². The highest BCUT2D eigenvalue weighted by Gasteiger charge is 2.36. The van der Waals surface area contributed by atoms with E-state index in [1.807, 2.05) is 0 Å². The van der Waals surface area contributed by atoms with Crippen molar-refractivity contribution < 1.29 is 4.43 Å². The molecule has 2 nitrogen and oxygen atoms in total. The maximum Gasteiger partial charge on any atom is 0.191 e. The van der Waals surface area contributed by atoms with Crippen molar-refractivity contribution in [2.75, 3.05) is 6.61 Å². The first kappa shape index (κ1) is 16.1. The number of nitrogens with one attached hydrogen (secondary N) is 1. The van der Waals surface area contributed by atoms with Crippen LogP contribution in [0.15, 0.2) is 0 Å². The predicted octanol–water partition coefficient (Wildman–Crippen LogP) is 3.78. The Balaban J connectivity index is 3.90. The smallest absolute Gasteiger partial charge is 0.191 e. The Morgan fingerprint density at radius 1 is 1.12 bits per heavy atom. The summed E-state index contributed by atoms with van der Waals surface area (Å²) in [5, 5.41) is 3.82. The Morgan fingerprint density at radius 2 is 1.62 bits per heavy atom. The summed E-state index contributed by atoms with van der Waals surface area (Å²) in [4.78, 5) is 0. The number of hydrogen-bond acceptors (Lipinski definition) is 2. The van der Waals surface area contributed by atoms with E-state index in [4.69, 9.17) is 4.43 Å². The molecule has 0 spiro atoms. The fourth-order valence-electron chi connectivity index (χ4n) is 1.36. The molecule has 1 N–H and O–H groups in total. The minimum Gasteiger partial charge on any atom is -0.417 e. The second-order valence-corrected chi connectivity index (χ2v) is 11.4. The molecule has 0 bridgehead atoms. The van der Waals surface area contributed by atoms with Gasteiger partial charge in [0, 0.05) is 18.7 Å². The summed E-state index contributed by atoms with van der Waals surface area (Å²) < 4.78 is 6.15. The van der Waals surface area contributed by atoms with E-state index in [9.17, 15) is 0 Å². The van der Waals surface area contributed by atoms with Gasteiger partial charge in [-0.25, -0.2) is 0 Å². The zero-order valence-corrected chi connectivity index (χ0v) is 13.5. The van der Waals surface area contributed by atoms with Gasteiger partial charge in [0.05, 0.1) is 0 Å². The van der Waals surface area contributed by atoms with Crippen LogP contribution in [0.25, 0.3) is 0 Å². The molecule has 98 valence electrons. The second kappa shape index (κ2) is 6.17. The monoisotopic (exact) mass is 245 g/mol. The number of hydrogen-bond donors (Lipinski definition) is 1. The van der Waals surface area contributed by atoms with Crippen LogP contribution >= 0.6 is 0 Å². The van der Waals surface area contributed by atoms with Crippen molar-refractivity contribution >= 4 is 8.32 Å². The summed E-state index contributed by atoms with van der Waals surface area (Å²) in [6.07, 6.45) is 1.10. The quantitative estimate of drug-likeness (QED) is 0.719. The molecule has 16 heavy (non-hydrogen) atoms. The van der Waals surface area contributed by atoms with Crippen LogP contribution in [-0.4, -0.2) is 27.0 Å². The summed E-state index contributed by atoms with van der Waals surface area (Å²) in [7, 11) is -1.54. The van der Waals surface area contributed by atoms with Crippen molar-refractivity contribution in [1.29, 1.82) is 0 Å². The lowest BCUT2D eigenvalue weighted by atomic mass is 10.2. The molecule has 0 aromatic rings. The van der Waals surface area contributed by atoms with E-state index in [1.54, 1.807) is 0 Å². The molecule has 0 heterocycles. The first-order chi connectivity index (χ1) is 7.06. The Kier molecular flexibility index (Phi) is 6.23. The molecule has 3 heteroatoms. The topological polar surface area (TPSA) is 21.3 Å². The Morgan fingerprint density at radius 3 is 2.00 bits per heavy atom. The summed E-state index contributed by atoms with van der Waals surface area (Å²) in [5.41, 5.74) is 0. The highest BCUT2D eigenvalue weighted by atomic mass is 28.4. The highest BCUT2D eigenvalue weighted by molar-refractivity contribution is 6.74. The van der Waals surface area contributed by atoms with Crippen LogP contribution in [0.4, 0.5) is 0 Å². The van der Waals surface area contributed by atoms with Gasteiger partial charge in [0.2, 0.25) is 0 Å². The van der Waals surface area contributed by atoms with Gasteiger partial charge < -0.3 is 9.74 Å². The molecule has 1 unspecified atom stereocenters. The van der Waals surface area contributed by atoms with Crippen molar-refractivity contribution in [2.45, 2.75) is 78.2 Å². The van der Waals surface area contributed by atoms with Gasteiger partial charge in [0.1, 0.15) is 0 Å². The second-order valence-electron chi connectivity index (χ2n) is 6.62. The SMILES string of the molecule is CC(C)NC(C)CCO[Si](C)(C)C(C)(C)C. The maximum atomic E-state index is 6.15. The lowest BCUT2D eigenvalue weighted by Crippen LogP contribution is -2.42. The molecule has 0 amide bonds. The van der Waals surface area contributed by atoms with Crippen LogP contribution in [0.2, 0.25) is 18.1 Å². The third-order valence-electron chi connectivity index (χ3n) is 3.44. The van der Waals surface area contributed by atoms with Crippen LogP contribution < -0.4 is 5.32 Å². The Hall–Kier alpha value is 0.137. The van der Waals surface area contributed by atoms with Crippen molar-refractivity contribution in [3.63, 3.8) is 0 Å². The molecule has 0 aromatic heterocycles. The van der Waals surface area contributed by atoms with E-state index in [0.717, 1.165) is 13.0 Å². The van der Waals surface area contributed by atoms with E-state index in [2.05, 4.69) is 60.0 Å². The summed E-state index contributed by atoms with van der Waals surface area (Å²) in [6, 6.07) is 1.10. The fraction of sp³-hybridized carbons (Fsp3) is 1.00. The van der Waals surface area contributed by atoms with Crippen molar-refractivity contribution in [3.05, 3.63) is 0 Å². The van der Waals surface area contributed by atoms with Gasteiger partial charge in [0.15, 0.2) is 8.32 Å². The van der Waals surface area contributed by atoms with Gasteiger partial charge in [0.25, 0.3) is 0 Å². The zero-order chi connectivity index (χ0) is 13.0. The van der Waals surface area contributed by atoms with E-state index >= 15 is 0 Å². The van der Waals surface area contributed by atoms with E-state index < -0.39 is 8.32 Å². The standard InChI is InChI=1S/C13H31NOSi/c1-11(2)14-12(3)9-10-15-16(7,8)13(4,5)6/h11-12,14H,9-10H2,1-8H3. The van der Waals surface area contributed by atoms with E-state index in [1.165, 1.54) is 0 Å². The minimum absolute atomic E-state index is 0.321. The van der Waals surface area contributed by atoms with Gasteiger partial charge in [-0.3, -0.25) is 0 Å². The largest absolute Gasteiger partial charge is 0.417 e. The predicted molar refractivity (Wildman–Crippen MR) is 75.5 cm³/mol. The van der Waals surface area contributed by atoms with Gasteiger partial charge >= 0.3 is 0 Å². The van der Waals surface area contributed by atoms with Crippen LogP contribution in [-0.2, 0) is 4.43 Å². The highest BCUT2D eigenvalue weighted by Crippen LogP contribution is 2.36. The lowest BCUT2D eigenvalue weighted by molar-refractivity contribution is 0.262. The first-order valence-corrected chi connectivity index (χ1v) is 9.37. The molecule has 0 rings (SSSR count). The average Bonchev–Trinajstić information content (AvgIpc) is 1.99. The minimum atomic E-state index is -1.54. The van der Waals surface area contributed by atoms with Crippen molar-refractivity contribution in [3.8, 4) is 0 Å². The third kappa shape index (κ3) is 6.02. The van der Waals surface area contributed by atoms with Gasteiger partial charge in [-0.2, -0.15) is 0 Å². The van der Waals surface area contributed by atoms with E-state index in [-0.39, 0.29) is 0 Å². The summed E-state index contributed by atoms with van der Waals surface area (Å²) >= 11 is 0. The fourth-order valence-corrected chi connectivity index (χ4v) is 2.42. The molecular weight excluding hydrogens is 214 g/mol. The van der Waals surface area contributed by atoms with Gasteiger partial charge in [-0.15, -0.1) is 0 Å². The summed E-state index contributed by atoms with van der Waals surface area (Å²) in [5.74, 6) is 0. The maximum absolute atomic E-state index is 6.15. The molecule has 0 aliphatic heterocycles. The molecule has 0 saturated carbocycles. The third-order valence-corrected chi connectivity index (χ3v) is 7.98. The molecule has 0 aromatic carbocycles. The van der Waals surface area contributed by atoms with Gasteiger partial charge in [-0.05, 0) is 31.5 Å². The van der Waals surface area contributed by atoms with Crippen LogP contribution in [0.3, 0.4) is 0 Å². The average molecular weight is 245 g/mol.